The Balaban J connectivity index is 2.67. The van der Waals surface area contributed by atoms with Crippen molar-refractivity contribution < 1.29 is 9.84 Å². The lowest BCUT2D eigenvalue weighted by molar-refractivity contribution is 0.124. The molecule has 0 saturated carbocycles. The van der Waals surface area contributed by atoms with Gasteiger partial charge in [-0.05, 0) is 19.8 Å². The monoisotopic (exact) mass is 224 g/mol. The van der Waals surface area contributed by atoms with Gasteiger partial charge < -0.3 is 9.84 Å². The fourth-order valence-electron chi connectivity index (χ4n) is 1.24. The van der Waals surface area contributed by atoms with E-state index in [-0.39, 0.29) is 18.1 Å². The van der Waals surface area contributed by atoms with Gasteiger partial charge in [0.15, 0.2) is 0 Å². The molecule has 0 bridgehead atoms. The van der Waals surface area contributed by atoms with Crippen LogP contribution in [0.2, 0.25) is 0 Å². The van der Waals surface area contributed by atoms with E-state index in [2.05, 4.69) is 9.97 Å². The van der Waals surface area contributed by atoms with Crippen molar-refractivity contribution in [1.29, 1.82) is 0 Å². The van der Waals surface area contributed by atoms with E-state index in [4.69, 9.17) is 4.74 Å². The highest BCUT2D eigenvalue weighted by atomic mass is 16.5. The van der Waals surface area contributed by atoms with Crippen LogP contribution in [0.1, 0.15) is 33.4 Å². The van der Waals surface area contributed by atoms with Gasteiger partial charge in [-0.3, -0.25) is 0 Å². The van der Waals surface area contributed by atoms with E-state index in [1.54, 1.807) is 6.07 Å². The molecule has 1 unspecified atom stereocenters. The van der Waals surface area contributed by atoms with Crippen LogP contribution in [0.4, 0.5) is 0 Å². The Labute approximate surface area is 96.7 Å². The summed E-state index contributed by atoms with van der Waals surface area (Å²) in [7, 11) is 0. The summed E-state index contributed by atoms with van der Waals surface area (Å²) in [5, 5.41) is 9.75. The van der Waals surface area contributed by atoms with Crippen LogP contribution >= 0.6 is 0 Å². The van der Waals surface area contributed by atoms with Gasteiger partial charge in [0.1, 0.15) is 6.33 Å². The van der Waals surface area contributed by atoms with Crippen LogP contribution in [0.25, 0.3) is 0 Å². The van der Waals surface area contributed by atoms with E-state index in [1.807, 2.05) is 27.7 Å². The van der Waals surface area contributed by atoms with Crippen LogP contribution in [0, 0.1) is 5.92 Å². The quantitative estimate of drug-likeness (QED) is 0.829. The Bertz CT molecular complexity index is 327. The largest absolute Gasteiger partial charge is 0.475 e. The molecule has 1 atom stereocenters. The zero-order valence-electron chi connectivity index (χ0n) is 10.3. The Morgan fingerprint density at radius 3 is 2.50 bits per heavy atom. The number of nitrogens with zero attached hydrogens (tertiary/aromatic N) is 2. The van der Waals surface area contributed by atoms with Crippen molar-refractivity contribution in [2.45, 2.75) is 46.3 Å². The van der Waals surface area contributed by atoms with E-state index >= 15 is 0 Å². The van der Waals surface area contributed by atoms with Crippen molar-refractivity contribution in [1.82, 2.24) is 9.97 Å². The van der Waals surface area contributed by atoms with Gasteiger partial charge in [0.05, 0.1) is 17.9 Å². The van der Waals surface area contributed by atoms with Gasteiger partial charge in [-0.1, -0.05) is 13.8 Å². The lowest BCUT2D eigenvalue weighted by Crippen LogP contribution is -2.18. The molecule has 0 amide bonds. The second-order valence-corrected chi connectivity index (χ2v) is 4.53. The van der Waals surface area contributed by atoms with Gasteiger partial charge in [-0.2, -0.15) is 0 Å². The highest BCUT2D eigenvalue weighted by Crippen LogP contribution is 2.13. The normalized spacial score (nSPS) is 13.2. The van der Waals surface area contributed by atoms with Gasteiger partial charge in [-0.15, -0.1) is 0 Å². The lowest BCUT2D eigenvalue weighted by atomic mass is 10.0. The molecule has 1 aromatic heterocycles. The molecular formula is C12H20N2O2. The zero-order chi connectivity index (χ0) is 12.1. The molecule has 90 valence electrons. The van der Waals surface area contributed by atoms with Crippen molar-refractivity contribution in [3.05, 3.63) is 18.1 Å². The minimum absolute atomic E-state index is 0.0952. The van der Waals surface area contributed by atoms with Crippen molar-refractivity contribution >= 4 is 0 Å². The molecule has 0 aliphatic rings. The Kier molecular flexibility index (Phi) is 4.68. The van der Waals surface area contributed by atoms with Crippen LogP contribution in [0.15, 0.2) is 12.4 Å². The summed E-state index contributed by atoms with van der Waals surface area (Å²) in [6.45, 7) is 7.87. The van der Waals surface area contributed by atoms with E-state index in [9.17, 15) is 5.11 Å². The van der Waals surface area contributed by atoms with Crippen LogP contribution in [-0.4, -0.2) is 27.3 Å². The summed E-state index contributed by atoms with van der Waals surface area (Å²) >= 11 is 0. The molecule has 0 radical (unpaired) electrons. The van der Waals surface area contributed by atoms with Gasteiger partial charge in [0.25, 0.3) is 0 Å². The molecule has 0 aliphatic heterocycles. The van der Waals surface area contributed by atoms with Gasteiger partial charge >= 0.3 is 0 Å². The summed E-state index contributed by atoms with van der Waals surface area (Å²) in [5.74, 6) is 0.792. The van der Waals surface area contributed by atoms with Crippen LogP contribution in [-0.2, 0) is 6.42 Å². The molecule has 0 saturated heterocycles. The fourth-order valence-corrected chi connectivity index (χ4v) is 1.24. The maximum Gasteiger partial charge on any atom is 0.216 e. The molecule has 1 aromatic rings. The summed E-state index contributed by atoms with van der Waals surface area (Å²) in [4.78, 5) is 8.13. The molecule has 0 spiro atoms. The highest BCUT2D eigenvalue weighted by molar-refractivity contribution is 5.14. The average molecular weight is 224 g/mol. The topological polar surface area (TPSA) is 55.2 Å². The number of hydrogen-bond acceptors (Lipinski definition) is 4. The number of hydrogen-bond donors (Lipinski definition) is 1. The Morgan fingerprint density at radius 1 is 1.25 bits per heavy atom. The minimum Gasteiger partial charge on any atom is -0.475 e. The number of aliphatic hydroxyl groups is 1. The molecule has 0 aliphatic carbocycles. The molecule has 1 rings (SSSR count). The van der Waals surface area contributed by atoms with Crippen molar-refractivity contribution in [2.24, 2.45) is 5.92 Å². The third kappa shape index (κ3) is 4.14. The van der Waals surface area contributed by atoms with E-state index in [1.165, 1.54) is 6.33 Å². The molecule has 4 heteroatoms. The number of rotatable bonds is 5. The van der Waals surface area contributed by atoms with Crippen LogP contribution in [0.3, 0.4) is 0 Å². The summed E-state index contributed by atoms with van der Waals surface area (Å²) in [5.41, 5.74) is 0.812. The second-order valence-electron chi connectivity index (χ2n) is 4.53. The maximum atomic E-state index is 9.75. The highest BCUT2D eigenvalue weighted by Gasteiger charge is 2.11. The lowest BCUT2D eigenvalue weighted by Gasteiger charge is -2.14. The predicted molar refractivity (Wildman–Crippen MR) is 62.3 cm³/mol. The Morgan fingerprint density at radius 2 is 1.94 bits per heavy atom. The molecule has 1 N–H and O–H groups in total. The van der Waals surface area contributed by atoms with Crippen molar-refractivity contribution in [3.8, 4) is 5.88 Å². The summed E-state index contributed by atoms with van der Waals surface area (Å²) < 4.78 is 5.46. The molecule has 4 nitrogen and oxygen atoms in total. The summed E-state index contributed by atoms with van der Waals surface area (Å²) in [6.07, 6.45) is 1.73. The SMILES string of the molecule is CC(C)Oc1cc(CC(O)C(C)C)ncn1. The van der Waals surface area contributed by atoms with Crippen molar-refractivity contribution in [3.63, 3.8) is 0 Å². The summed E-state index contributed by atoms with van der Waals surface area (Å²) in [6, 6.07) is 1.78. The van der Waals surface area contributed by atoms with Gasteiger partial charge in [0, 0.05) is 12.5 Å². The third-order valence-corrected chi connectivity index (χ3v) is 2.24. The van der Waals surface area contributed by atoms with Gasteiger partial charge in [0.2, 0.25) is 5.88 Å². The van der Waals surface area contributed by atoms with E-state index in [0.717, 1.165) is 5.69 Å². The zero-order valence-corrected chi connectivity index (χ0v) is 10.3. The van der Waals surface area contributed by atoms with Crippen molar-refractivity contribution in [2.75, 3.05) is 0 Å². The first kappa shape index (κ1) is 12.9. The van der Waals surface area contributed by atoms with Gasteiger partial charge in [-0.25, -0.2) is 9.97 Å². The molecule has 0 aromatic carbocycles. The average Bonchev–Trinajstić information content (AvgIpc) is 2.16. The Hall–Kier alpha value is -1.16. The smallest absolute Gasteiger partial charge is 0.216 e. The van der Waals surface area contributed by atoms with Crippen LogP contribution < -0.4 is 4.74 Å². The number of aromatic nitrogens is 2. The first-order valence-corrected chi connectivity index (χ1v) is 5.64. The van der Waals surface area contributed by atoms with E-state index < -0.39 is 0 Å². The van der Waals surface area contributed by atoms with E-state index in [0.29, 0.717) is 12.3 Å². The molecule has 0 fully saturated rings. The second kappa shape index (κ2) is 5.80. The maximum absolute atomic E-state index is 9.75. The number of aliphatic hydroxyl groups excluding tert-OH is 1. The standard InChI is InChI=1S/C12H20N2O2/c1-8(2)11(15)5-10-6-12(14-7-13-10)16-9(3)4/h6-9,11,15H,5H2,1-4H3. The minimum atomic E-state index is -0.373. The fraction of sp³-hybridized carbons (Fsp3) is 0.667. The molecular weight excluding hydrogens is 204 g/mol. The third-order valence-electron chi connectivity index (χ3n) is 2.24. The first-order valence-electron chi connectivity index (χ1n) is 5.64. The molecule has 1 heterocycles. The number of ether oxygens (including phenoxy) is 1. The predicted octanol–water partition coefficient (Wildman–Crippen LogP) is 1.82. The molecule has 16 heavy (non-hydrogen) atoms. The first-order chi connectivity index (χ1) is 7.49. The van der Waals surface area contributed by atoms with Crippen LogP contribution in [0.5, 0.6) is 5.88 Å².